The van der Waals surface area contributed by atoms with Gasteiger partial charge in [0.15, 0.2) is 0 Å². The Bertz CT molecular complexity index is 381. The van der Waals surface area contributed by atoms with Crippen LogP contribution in [0.25, 0.3) is 0 Å². The summed E-state index contributed by atoms with van der Waals surface area (Å²) in [5.74, 6) is 1.23. The third kappa shape index (κ3) is 3.39. The molecule has 0 amide bonds. The molecule has 0 N–H and O–H groups in total. The summed E-state index contributed by atoms with van der Waals surface area (Å²) in [6, 6.07) is 8.09. The van der Waals surface area contributed by atoms with Gasteiger partial charge in [-0.3, -0.25) is 0 Å². The average Bonchev–Trinajstić information content (AvgIpc) is 2.37. The van der Waals surface area contributed by atoms with Crippen LogP contribution in [0.2, 0.25) is 0 Å². The predicted molar refractivity (Wildman–Crippen MR) is 78.5 cm³/mol. The maximum Gasteiger partial charge on any atom is 0.119 e. The van der Waals surface area contributed by atoms with Crippen molar-refractivity contribution in [3.05, 3.63) is 29.8 Å². The summed E-state index contributed by atoms with van der Waals surface area (Å²) in [6.07, 6.45) is 0.900. The SMILES string of the molecule is CCC(Cl)(c1cccc(OC)c1)C(C)CN(C)C. The molecule has 0 aliphatic carbocycles. The van der Waals surface area contributed by atoms with Crippen molar-refractivity contribution in [1.29, 1.82) is 0 Å². The molecule has 102 valence electrons. The van der Waals surface area contributed by atoms with Gasteiger partial charge in [0.1, 0.15) is 5.75 Å². The molecular formula is C15H24ClNO. The molecule has 3 heteroatoms. The normalized spacial score (nSPS) is 16.4. The molecule has 0 bridgehead atoms. The van der Waals surface area contributed by atoms with Gasteiger partial charge in [0.2, 0.25) is 0 Å². The van der Waals surface area contributed by atoms with Crippen LogP contribution in [0.3, 0.4) is 0 Å². The van der Waals surface area contributed by atoms with Gasteiger partial charge in [0.25, 0.3) is 0 Å². The molecule has 1 aromatic rings. The molecule has 0 aliphatic rings. The zero-order valence-electron chi connectivity index (χ0n) is 12.0. The molecule has 18 heavy (non-hydrogen) atoms. The summed E-state index contributed by atoms with van der Waals surface area (Å²) in [7, 11) is 5.84. The Morgan fingerprint density at radius 1 is 1.39 bits per heavy atom. The third-order valence-corrected chi connectivity index (χ3v) is 4.34. The van der Waals surface area contributed by atoms with Gasteiger partial charge in [0.05, 0.1) is 12.0 Å². The summed E-state index contributed by atoms with van der Waals surface area (Å²) >= 11 is 6.89. The van der Waals surface area contributed by atoms with E-state index in [2.05, 4.69) is 38.9 Å². The molecule has 0 heterocycles. The Morgan fingerprint density at radius 3 is 2.56 bits per heavy atom. The molecule has 2 nitrogen and oxygen atoms in total. The Morgan fingerprint density at radius 2 is 2.06 bits per heavy atom. The van der Waals surface area contributed by atoms with E-state index in [0.717, 1.165) is 24.3 Å². The summed E-state index contributed by atoms with van der Waals surface area (Å²) in [4.78, 5) is 1.84. The highest BCUT2D eigenvalue weighted by Crippen LogP contribution is 2.41. The second-order valence-electron chi connectivity index (χ2n) is 5.11. The Kier molecular flexibility index (Phi) is 5.48. The highest BCUT2D eigenvalue weighted by molar-refractivity contribution is 6.24. The first-order valence-electron chi connectivity index (χ1n) is 6.42. The fourth-order valence-electron chi connectivity index (χ4n) is 2.41. The van der Waals surface area contributed by atoms with Gasteiger partial charge in [-0.15, -0.1) is 11.6 Å². The number of alkyl halides is 1. The summed E-state index contributed by atoms with van der Waals surface area (Å²) in [5, 5.41) is 0. The van der Waals surface area contributed by atoms with Crippen molar-refractivity contribution in [2.45, 2.75) is 25.1 Å². The highest BCUT2D eigenvalue weighted by atomic mass is 35.5. The Hall–Kier alpha value is -0.730. The standard InChI is InChI=1S/C15H24ClNO/c1-6-15(16,12(2)11-17(3)4)13-8-7-9-14(10-13)18-5/h7-10,12H,6,11H2,1-5H3. The molecule has 1 rings (SSSR count). The third-order valence-electron chi connectivity index (χ3n) is 3.48. The smallest absolute Gasteiger partial charge is 0.119 e. The zero-order chi connectivity index (χ0) is 13.8. The Labute approximate surface area is 116 Å². The van der Waals surface area contributed by atoms with E-state index in [1.807, 2.05) is 18.2 Å². The molecule has 0 fully saturated rings. The van der Waals surface area contributed by atoms with Crippen LogP contribution in [0.4, 0.5) is 0 Å². The van der Waals surface area contributed by atoms with Crippen molar-refractivity contribution in [2.75, 3.05) is 27.7 Å². The minimum atomic E-state index is -0.335. The van der Waals surface area contributed by atoms with E-state index in [9.17, 15) is 0 Å². The second kappa shape index (κ2) is 6.44. The van der Waals surface area contributed by atoms with Gasteiger partial charge in [-0.1, -0.05) is 26.0 Å². The van der Waals surface area contributed by atoms with Crippen molar-refractivity contribution in [1.82, 2.24) is 4.90 Å². The minimum absolute atomic E-state index is 0.335. The van der Waals surface area contributed by atoms with E-state index in [-0.39, 0.29) is 4.87 Å². The highest BCUT2D eigenvalue weighted by Gasteiger charge is 2.34. The van der Waals surface area contributed by atoms with Gasteiger partial charge in [-0.2, -0.15) is 0 Å². The largest absolute Gasteiger partial charge is 0.497 e. The van der Waals surface area contributed by atoms with Gasteiger partial charge >= 0.3 is 0 Å². The lowest BCUT2D eigenvalue weighted by molar-refractivity contribution is 0.278. The van der Waals surface area contributed by atoms with E-state index >= 15 is 0 Å². The van der Waals surface area contributed by atoms with Crippen LogP contribution in [-0.4, -0.2) is 32.6 Å². The van der Waals surface area contributed by atoms with Crippen LogP contribution in [0, 0.1) is 5.92 Å². The molecule has 0 radical (unpaired) electrons. The maximum absolute atomic E-state index is 6.89. The number of hydrogen-bond acceptors (Lipinski definition) is 2. The molecule has 2 atom stereocenters. The minimum Gasteiger partial charge on any atom is -0.497 e. The van der Waals surface area contributed by atoms with Gasteiger partial charge in [-0.05, 0) is 44.1 Å². The molecule has 1 aromatic carbocycles. The van der Waals surface area contributed by atoms with Crippen molar-refractivity contribution < 1.29 is 4.74 Å². The van der Waals surface area contributed by atoms with Gasteiger partial charge in [0, 0.05) is 6.54 Å². The molecule has 0 saturated carbocycles. The number of nitrogens with zero attached hydrogens (tertiary/aromatic N) is 1. The van der Waals surface area contributed by atoms with Crippen LogP contribution in [0.15, 0.2) is 24.3 Å². The molecule has 0 saturated heterocycles. The predicted octanol–water partition coefficient (Wildman–Crippen LogP) is 3.74. The zero-order valence-corrected chi connectivity index (χ0v) is 12.8. The van der Waals surface area contributed by atoms with Crippen LogP contribution in [-0.2, 0) is 4.87 Å². The van der Waals surface area contributed by atoms with E-state index in [1.54, 1.807) is 7.11 Å². The van der Waals surface area contributed by atoms with E-state index in [4.69, 9.17) is 16.3 Å². The number of benzene rings is 1. The summed E-state index contributed by atoms with van der Waals surface area (Å²) < 4.78 is 5.29. The molecule has 2 unspecified atom stereocenters. The average molecular weight is 270 g/mol. The molecule has 0 spiro atoms. The fourth-order valence-corrected chi connectivity index (χ4v) is 2.60. The monoisotopic (exact) mass is 269 g/mol. The topological polar surface area (TPSA) is 12.5 Å². The van der Waals surface area contributed by atoms with E-state index in [1.165, 1.54) is 0 Å². The molecular weight excluding hydrogens is 246 g/mol. The molecule has 0 aromatic heterocycles. The quantitative estimate of drug-likeness (QED) is 0.730. The van der Waals surface area contributed by atoms with Gasteiger partial charge < -0.3 is 9.64 Å². The molecule has 0 aliphatic heterocycles. The van der Waals surface area contributed by atoms with Crippen molar-refractivity contribution in [3.63, 3.8) is 0 Å². The first-order valence-corrected chi connectivity index (χ1v) is 6.80. The van der Waals surface area contributed by atoms with Crippen molar-refractivity contribution >= 4 is 11.6 Å². The van der Waals surface area contributed by atoms with E-state index in [0.29, 0.717) is 5.92 Å². The van der Waals surface area contributed by atoms with Crippen LogP contribution in [0.1, 0.15) is 25.8 Å². The van der Waals surface area contributed by atoms with Crippen molar-refractivity contribution in [2.24, 2.45) is 5.92 Å². The summed E-state index contributed by atoms with van der Waals surface area (Å²) in [6.45, 7) is 5.31. The number of methoxy groups -OCH3 is 1. The summed E-state index contributed by atoms with van der Waals surface area (Å²) in [5.41, 5.74) is 1.14. The first kappa shape index (κ1) is 15.3. The van der Waals surface area contributed by atoms with Crippen LogP contribution >= 0.6 is 11.6 Å². The number of hydrogen-bond donors (Lipinski definition) is 0. The number of ether oxygens (including phenoxy) is 1. The van der Waals surface area contributed by atoms with Crippen LogP contribution in [0.5, 0.6) is 5.75 Å². The fraction of sp³-hybridized carbons (Fsp3) is 0.600. The number of halogens is 1. The van der Waals surface area contributed by atoms with Crippen LogP contribution < -0.4 is 4.74 Å². The lowest BCUT2D eigenvalue weighted by Gasteiger charge is -2.34. The maximum atomic E-state index is 6.89. The van der Waals surface area contributed by atoms with Gasteiger partial charge in [-0.25, -0.2) is 0 Å². The van der Waals surface area contributed by atoms with E-state index < -0.39 is 0 Å². The first-order chi connectivity index (χ1) is 8.43. The van der Waals surface area contributed by atoms with Crippen molar-refractivity contribution in [3.8, 4) is 5.75 Å². The second-order valence-corrected chi connectivity index (χ2v) is 5.79. The lowest BCUT2D eigenvalue weighted by atomic mass is 9.83. The Balaban J connectivity index is 3.05. The lowest BCUT2D eigenvalue weighted by Crippen LogP contribution is -2.34. The number of rotatable bonds is 6.